The van der Waals surface area contributed by atoms with Gasteiger partial charge in [0, 0.05) is 21.9 Å². The number of aryl methyl sites for hydroxylation is 2. The first-order chi connectivity index (χ1) is 13.0. The number of benzene rings is 1. The lowest BCUT2D eigenvalue weighted by Gasteiger charge is -2.15. The van der Waals surface area contributed by atoms with Crippen molar-refractivity contribution in [3.8, 4) is 0 Å². The van der Waals surface area contributed by atoms with Crippen LogP contribution >= 0.6 is 23.1 Å². The van der Waals surface area contributed by atoms with Gasteiger partial charge in [0.05, 0.1) is 11.8 Å². The number of thioether (sulfide) groups is 1. The third-order valence-electron chi connectivity index (χ3n) is 4.61. The molecule has 3 aromatic rings. The fourth-order valence-electron chi connectivity index (χ4n) is 3.36. The zero-order chi connectivity index (χ0) is 19.0. The number of aromatic nitrogens is 2. The summed E-state index contributed by atoms with van der Waals surface area (Å²) in [5.41, 5.74) is 1.58. The van der Waals surface area contributed by atoms with Crippen LogP contribution in [0.3, 0.4) is 0 Å². The number of nitrogens with one attached hydrogen (secondary N) is 1. The first-order valence-electron chi connectivity index (χ1n) is 8.65. The SMILES string of the molecule is C[C@@H](NC(=O)CSc1ncnc2sc3c(c12)CCC3)c1ccc(F)cc1F. The predicted molar refractivity (Wildman–Crippen MR) is 103 cm³/mol. The van der Waals surface area contributed by atoms with Gasteiger partial charge in [-0.2, -0.15) is 0 Å². The second-order valence-electron chi connectivity index (χ2n) is 6.46. The van der Waals surface area contributed by atoms with Crippen molar-refractivity contribution < 1.29 is 13.6 Å². The lowest BCUT2D eigenvalue weighted by atomic mass is 10.1. The van der Waals surface area contributed by atoms with E-state index in [1.165, 1.54) is 40.7 Å². The minimum atomic E-state index is -0.665. The minimum Gasteiger partial charge on any atom is -0.349 e. The summed E-state index contributed by atoms with van der Waals surface area (Å²) >= 11 is 3.07. The summed E-state index contributed by atoms with van der Waals surface area (Å²) in [4.78, 5) is 23.4. The first kappa shape index (κ1) is 18.3. The molecule has 1 aliphatic rings. The fraction of sp³-hybridized carbons (Fsp3) is 0.316. The van der Waals surface area contributed by atoms with Crippen LogP contribution in [0.2, 0.25) is 0 Å². The smallest absolute Gasteiger partial charge is 0.230 e. The summed E-state index contributed by atoms with van der Waals surface area (Å²) in [7, 11) is 0. The molecule has 0 spiro atoms. The summed E-state index contributed by atoms with van der Waals surface area (Å²) < 4.78 is 26.9. The Bertz CT molecular complexity index is 1020. The Morgan fingerprint density at radius 3 is 3.00 bits per heavy atom. The number of amides is 1. The molecule has 1 N–H and O–H groups in total. The Morgan fingerprint density at radius 2 is 2.19 bits per heavy atom. The zero-order valence-corrected chi connectivity index (χ0v) is 16.2. The average molecular weight is 405 g/mol. The second-order valence-corrected chi connectivity index (χ2v) is 8.51. The highest BCUT2D eigenvalue weighted by Gasteiger charge is 2.22. The van der Waals surface area contributed by atoms with Crippen LogP contribution in [0.15, 0.2) is 29.6 Å². The molecule has 0 aliphatic heterocycles. The molecule has 8 heteroatoms. The van der Waals surface area contributed by atoms with Crippen LogP contribution in [0.5, 0.6) is 0 Å². The number of carbonyl (C=O) groups excluding carboxylic acids is 1. The Labute approximate surface area is 163 Å². The second kappa shape index (κ2) is 7.52. The fourth-order valence-corrected chi connectivity index (χ4v) is 5.49. The van der Waals surface area contributed by atoms with Crippen molar-refractivity contribution in [1.82, 2.24) is 15.3 Å². The van der Waals surface area contributed by atoms with Crippen LogP contribution in [-0.4, -0.2) is 21.6 Å². The molecule has 1 amide bonds. The Balaban J connectivity index is 1.44. The van der Waals surface area contributed by atoms with Gasteiger partial charge in [-0.15, -0.1) is 11.3 Å². The van der Waals surface area contributed by atoms with E-state index in [1.54, 1.807) is 18.3 Å². The van der Waals surface area contributed by atoms with Crippen LogP contribution in [0.1, 0.15) is 35.4 Å². The summed E-state index contributed by atoms with van der Waals surface area (Å²) in [6.45, 7) is 1.67. The third kappa shape index (κ3) is 3.68. The number of fused-ring (bicyclic) bond motifs is 3. The van der Waals surface area contributed by atoms with Crippen LogP contribution < -0.4 is 5.32 Å². The molecule has 4 rings (SSSR count). The molecule has 27 heavy (non-hydrogen) atoms. The first-order valence-corrected chi connectivity index (χ1v) is 10.5. The monoisotopic (exact) mass is 405 g/mol. The molecular weight excluding hydrogens is 388 g/mol. The molecule has 140 valence electrons. The van der Waals surface area contributed by atoms with Crippen molar-refractivity contribution in [2.75, 3.05) is 5.75 Å². The van der Waals surface area contributed by atoms with E-state index in [0.29, 0.717) is 0 Å². The number of thiophene rings is 1. The summed E-state index contributed by atoms with van der Waals surface area (Å²) in [5.74, 6) is -1.36. The van der Waals surface area contributed by atoms with E-state index in [1.807, 2.05) is 0 Å². The van der Waals surface area contributed by atoms with Crippen molar-refractivity contribution in [2.24, 2.45) is 0 Å². The molecule has 1 atom stereocenters. The molecule has 2 aromatic heterocycles. The highest BCUT2D eigenvalue weighted by Crippen LogP contribution is 2.39. The van der Waals surface area contributed by atoms with Crippen LogP contribution in [0, 0.1) is 11.6 Å². The highest BCUT2D eigenvalue weighted by atomic mass is 32.2. The van der Waals surface area contributed by atoms with E-state index in [-0.39, 0.29) is 17.2 Å². The lowest BCUT2D eigenvalue weighted by molar-refractivity contribution is -0.119. The molecule has 0 unspecified atom stereocenters. The van der Waals surface area contributed by atoms with Gasteiger partial charge in [0.1, 0.15) is 27.8 Å². The van der Waals surface area contributed by atoms with Crippen molar-refractivity contribution in [3.05, 3.63) is 52.2 Å². The molecule has 2 heterocycles. The van der Waals surface area contributed by atoms with E-state index in [2.05, 4.69) is 15.3 Å². The molecule has 0 fully saturated rings. The van der Waals surface area contributed by atoms with E-state index < -0.39 is 17.7 Å². The van der Waals surface area contributed by atoms with E-state index in [4.69, 9.17) is 0 Å². The predicted octanol–water partition coefficient (Wildman–Crippen LogP) is 4.43. The van der Waals surface area contributed by atoms with E-state index in [9.17, 15) is 13.6 Å². The summed E-state index contributed by atoms with van der Waals surface area (Å²) in [6.07, 6.45) is 4.80. The number of carbonyl (C=O) groups is 1. The molecule has 1 aliphatic carbocycles. The molecule has 4 nitrogen and oxygen atoms in total. The van der Waals surface area contributed by atoms with Gasteiger partial charge in [-0.3, -0.25) is 4.79 Å². The lowest BCUT2D eigenvalue weighted by Crippen LogP contribution is -2.28. The number of nitrogens with zero attached hydrogens (tertiary/aromatic N) is 2. The van der Waals surface area contributed by atoms with Gasteiger partial charge in [0.25, 0.3) is 0 Å². The molecular formula is C19H17F2N3OS2. The Hall–Kier alpha value is -2.06. The minimum absolute atomic E-state index is 0.171. The van der Waals surface area contributed by atoms with Crippen molar-refractivity contribution >= 4 is 39.2 Å². The van der Waals surface area contributed by atoms with Gasteiger partial charge in [0.15, 0.2) is 0 Å². The number of hydrogen-bond acceptors (Lipinski definition) is 5. The van der Waals surface area contributed by atoms with Gasteiger partial charge in [0.2, 0.25) is 5.91 Å². The Kier molecular flexibility index (Phi) is 5.10. The largest absolute Gasteiger partial charge is 0.349 e. The van der Waals surface area contributed by atoms with E-state index >= 15 is 0 Å². The zero-order valence-electron chi connectivity index (χ0n) is 14.6. The quantitative estimate of drug-likeness (QED) is 0.504. The topological polar surface area (TPSA) is 54.9 Å². The highest BCUT2D eigenvalue weighted by molar-refractivity contribution is 8.00. The van der Waals surface area contributed by atoms with Gasteiger partial charge < -0.3 is 5.32 Å². The van der Waals surface area contributed by atoms with Crippen molar-refractivity contribution in [1.29, 1.82) is 0 Å². The maximum absolute atomic E-state index is 13.9. The summed E-state index contributed by atoms with van der Waals surface area (Å²) in [6, 6.07) is 2.81. The van der Waals surface area contributed by atoms with Gasteiger partial charge in [-0.05, 0) is 37.8 Å². The maximum Gasteiger partial charge on any atom is 0.230 e. The number of rotatable bonds is 5. The molecule has 0 saturated carbocycles. The van der Waals surface area contributed by atoms with Gasteiger partial charge >= 0.3 is 0 Å². The van der Waals surface area contributed by atoms with Crippen LogP contribution in [0.4, 0.5) is 8.78 Å². The normalized spacial score (nSPS) is 14.3. The van der Waals surface area contributed by atoms with Crippen molar-refractivity contribution in [3.63, 3.8) is 0 Å². The van der Waals surface area contributed by atoms with Crippen LogP contribution in [0.25, 0.3) is 10.2 Å². The van der Waals surface area contributed by atoms with Crippen molar-refractivity contribution in [2.45, 2.75) is 37.3 Å². The van der Waals surface area contributed by atoms with Gasteiger partial charge in [-0.25, -0.2) is 18.7 Å². The average Bonchev–Trinajstić information content (AvgIpc) is 3.20. The number of hydrogen-bond donors (Lipinski definition) is 1. The summed E-state index contributed by atoms with van der Waals surface area (Å²) in [5, 5.41) is 4.65. The van der Waals surface area contributed by atoms with Crippen LogP contribution in [-0.2, 0) is 17.6 Å². The third-order valence-corrected chi connectivity index (χ3v) is 6.80. The maximum atomic E-state index is 13.9. The number of halogens is 2. The Morgan fingerprint density at radius 1 is 1.33 bits per heavy atom. The van der Waals surface area contributed by atoms with E-state index in [0.717, 1.165) is 40.6 Å². The molecule has 0 bridgehead atoms. The molecule has 0 saturated heterocycles. The molecule has 0 radical (unpaired) electrons. The standard InChI is InChI=1S/C19H17F2N3OS2/c1-10(12-6-5-11(20)7-14(12)21)24-16(25)8-26-18-17-13-3-2-4-15(13)27-19(17)23-9-22-18/h5-7,9-10H,2-4,8H2,1H3,(H,24,25)/t10-/m1/s1. The molecule has 1 aromatic carbocycles. The van der Waals surface area contributed by atoms with Gasteiger partial charge in [-0.1, -0.05) is 17.8 Å².